The van der Waals surface area contributed by atoms with Crippen molar-refractivity contribution in [1.29, 1.82) is 0 Å². The Morgan fingerprint density at radius 2 is 0.971 bits per heavy atom. The molecule has 192 valence electrons. The minimum absolute atomic E-state index is 0.149. The number of aliphatic carboxylic acids is 2. The average Bonchev–Trinajstić information content (AvgIpc) is 2.87. The van der Waals surface area contributed by atoms with Gasteiger partial charge in [0, 0.05) is 0 Å². The molecule has 0 aliphatic carbocycles. The van der Waals surface area contributed by atoms with Crippen molar-refractivity contribution in [3.05, 3.63) is 48.5 Å². The van der Waals surface area contributed by atoms with Gasteiger partial charge in [-0.3, -0.25) is 0 Å². The largest absolute Gasteiger partial charge is 0.546 e. The fourth-order valence-electron chi connectivity index (χ4n) is 2.36. The van der Waals surface area contributed by atoms with Gasteiger partial charge in [-0.1, -0.05) is 0 Å². The monoisotopic (exact) mass is 596 g/mol. The zero-order chi connectivity index (χ0) is 26.3. The van der Waals surface area contributed by atoms with Crippen molar-refractivity contribution in [1.82, 2.24) is 0 Å². The van der Waals surface area contributed by atoms with Crippen molar-refractivity contribution in [2.24, 2.45) is 0 Å². The maximum absolute atomic E-state index is 10.0. The number of unbranched alkanes of at least 4 members (excludes halogenated alkanes) is 2. The van der Waals surface area contributed by atoms with Crippen molar-refractivity contribution in [2.45, 2.75) is 48.4 Å². The molecule has 2 aromatic rings. The van der Waals surface area contributed by atoms with E-state index >= 15 is 0 Å². The summed E-state index contributed by atoms with van der Waals surface area (Å²) < 4.78 is 22.8. The van der Waals surface area contributed by atoms with E-state index in [0.717, 1.165) is 0 Å². The normalized spacial score (nSPS) is 9.26. The number of rotatable bonds is 14. The molecule has 0 atom stereocenters. The summed E-state index contributed by atoms with van der Waals surface area (Å²) in [6.07, 6.45) is 5.84. The van der Waals surface area contributed by atoms with Crippen LogP contribution in [0.25, 0.3) is 0 Å². The van der Waals surface area contributed by atoms with Crippen LogP contribution in [0.1, 0.15) is 39.5 Å². The minimum atomic E-state index is -1.24. The molecule has 2 rings (SSSR count). The second-order valence-electron chi connectivity index (χ2n) is 7.13. The Hall–Kier alpha value is -2.62. The average molecular weight is 595 g/mol. The Morgan fingerprint density at radius 3 is 1.23 bits per heavy atom. The van der Waals surface area contributed by atoms with Crippen LogP contribution in [-0.2, 0) is 9.59 Å². The molecule has 0 aliphatic heterocycles. The van der Waals surface area contributed by atoms with Crippen LogP contribution in [0.2, 0.25) is 8.87 Å². The van der Waals surface area contributed by atoms with Gasteiger partial charge in [0.2, 0.25) is 0 Å². The minimum Gasteiger partial charge on any atom is -0.546 e. The fourth-order valence-corrected chi connectivity index (χ4v) is 6.52. The van der Waals surface area contributed by atoms with E-state index in [0.29, 0.717) is 23.0 Å². The molecule has 0 heterocycles. The second-order valence-corrected chi connectivity index (χ2v) is 11.4. The molecule has 0 saturated heterocycles. The number of carboxylic acid groups (broad SMARTS) is 2. The topological polar surface area (TPSA) is 117 Å². The number of benzene rings is 2. The van der Waals surface area contributed by atoms with Gasteiger partial charge in [0.15, 0.2) is 0 Å². The van der Waals surface area contributed by atoms with E-state index in [9.17, 15) is 19.8 Å². The third-order valence-corrected chi connectivity index (χ3v) is 8.28. The van der Waals surface area contributed by atoms with E-state index < -0.39 is 25.2 Å². The van der Waals surface area contributed by atoms with Gasteiger partial charge in [-0.25, -0.2) is 0 Å². The molecule has 0 fully saturated rings. The van der Waals surface area contributed by atoms with E-state index in [1.807, 2.05) is 0 Å². The SMILES string of the molecule is CCC[CH2][Sn+2][CH2]CCC.COc1ccc(OCC(=O)[O-])cc1.COc1ccc(OCC(=O)[O-])cc1. The first-order valence-corrected chi connectivity index (χ1v) is 15.5. The van der Waals surface area contributed by atoms with Crippen LogP contribution in [0.3, 0.4) is 0 Å². The molecule has 0 aliphatic rings. The van der Waals surface area contributed by atoms with Gasteiger partial charge in [-0.2, -0.15) is 0 Å². The molecule has 0 spiro atoms. The van der Waals surface area contributed by atoms with Crippen molar-refractivity contribution >= 4 is 33.1 Å². The van der Waals surface area contributed by atoms with E-state index in [1.165, 1.54) is 25.7 Å². The Bertz CT molecular complexity index is 727. The Kier molecular flexibility index (Phi) is 20.2. The predicted octanol–water partition coefficient (Wildman–Crippen LogP) is 2.78. The van der Waals surface area contributed by atoms with Gasteiger partial charge in [0.25, 0.3) is 0 Å². The molecule has 0 N–H and O–H groups in total. The number of carbonyl (C=O) groups excluding carboxylic acids is 2. The van der Waals surface area contributed by atoms with Crippen molar-refractivity contribution in [3.63, 3.8) is 0 Å². The maximum Gasteiger partial charge on any atom is 0.128 e. The summed E-state index contributed by atoms with van der Waals surface area (Å²) in [7, 11) is 3.11. The van der Waals surface area contributed by atoms with Crippen LogP contribution in [0.4, 0.5) is 0 Å². The summed E-state index contributed by atoms with van der Waals surface area (Å²) in [5.41, 5.74) is 0. The molecule has 0 unspecified atom stereocenters. The molecule has 0 bridgehead atoms. The predicted molar refractivity (Wildman–Crippen MR) is 132 cm³/mol. The molecule has 0 radical (unpaired) electrons. The van der Waals surface area contributed by atoms with Crippen LogP contribution in [0.15, 0.2) is 48.5 Å². The standard InChI is InChI=1S/2C9H10O4.2C4H9.Sn/c2*1-12-7-2-4-8(5-3-7)13-6-9(10)11;2*1-3-4-2;/h2*2-5H,6H2,1H3,(H,10,11);2*1,3-4H2,2H3;/q;;;;+2/p-2. The molecular weight excluding hydrogens is 559 g/mol. The molecule has 35 heavy (non-hydrogen) atoms. The Balaban J connectivity index is 0.000000506. The third-order valence-electron chi connectivity index (χ3n) is 4.25. The zero-order valence-electron chi connectivity index (χ0n) is 21.0. The summed E-state index contributed by atoms with van der Waals surface area (Å²) in [5.74, 6) is -0.136. The molecule has 0 aromatic heterocycles. The molecule has 2 aromatic carbocycles. The first-order valence-electron chi connectivity index (χ1n) is 11.5. The van der Waals surface area contributed by atoms with Gasteiger partial charge in [0.1, 0.15) is 36.2 Å². The Labute approximate surface area is 218 Å². The first kappa shape index (κ1) is 32.4. The first-order chi connectivity index (χ1) is 16.9. The number of ether oxygens (including phenoxy) is 4. The maximum atomic E-state index is 10.0. The summed E-state index contributed by atoms with van der Waals surface area (Å²) >= 11 is 0.149. The van der Waals surface area contributed by atoms with Crippen molar-refractivity contribution in [3.8, 4) is 23.0 Å². The van der Waals surface area contributed by atoms with Crippen LogP contribution in [0.5, 0.6) is 23.0 Å². The van der Waals surface area contributed by atoms with Crippen molar-refractivity contribution < 1.29 is 38.7 Å². The van der Waals surface area contributed by atoms with Gasteiger partial charge in [-0.05, 0) is 48.5 Å². The second kappa shape index (κ2) is 21.9. The quantitative estimate of drug-likeness (QED) is 0.242. The number of hydrogen-bond acceptors (Lipinski definition) is 8. The summed E-state index contributed by atoms with van der Waals surface area (Å²) in [5, 5.41) is 20.1. The number of methoxy groups -OCH3 is 2. The van der Waals surface area contributed by atoms with E-state index in [-0.39, 0.29) is 21.1 Å². The van der Waals surface area contributed by atoms with Crippen molar-refractivity contribution in [2.75, 3.05) is 27.4 Å². The Morgan fingerprint density at radius 1 is 0.657 bits per heavy atom. The molecule has 9 heteroatoms. The molecular formula is C26H36O8Sn. The summed E-state index contributed by atoms with van der Waals surface area (Å²) in [6, 6.07) is 13.2. The van der Waals surface area contributed by atoms with E-state index in [1.54, 1.807) is 71.6 Å². The van der Waals surface area contributed by atoms with Crippen LogP contribution >= 0.6 is 0 Å². The smallest absolute Gasteiger partial charge is 0.128 e. The fraction of sp³-hybridized carbons (Fsp3) is 0.462. The molecule has 8 nitrogen and oxygen atoms in total. The summed E-state index contributed by atoms with van der Waals surface area (Å²) in [4.78, 5) is 20.1. The van der Waals surface area contributed by atoms with Gasteiger partial charge < -0.3 is 38.7 Å². The van der Waals surface area contributed by atoms with Gasteiger partial charge in [0.05, 0.1) is 26.2 Å². The zero-order valence-corrected chi connectivity index (χ0v) is 23.9. The molecule has 0 saturated carbocycles. The third kappa shape index (κ3) is 19.4. The van der Waals surface area contributed by atoms with Gasteiger partial charge >= 0.3 is 69.5 Å². The number of hydrogen-bond donors (Lipinski definition) is 0. The summed E-state index contributed by atoms with van der Waals surface area (Å²) in [6.45, 7) is 3.71. The number of carboxylic acids is 2. The van der Waals surface area contributed by atoms with E-state index in [2.05, 4.69) is 13.8 Å². The van der Waals surface area contributed by atoms with Gasteiger partial charge in [-0.15, -0.1) is 0 Å². The van der Waals surface area contributed by atoms with Crippen LogP contribution < -0.4 is 29.2 Å². The van der Waals surface area contributed by atoms with Crippen LogP contribution in [0, 0.1) is 0 Å². The van der Waals surface area contributed by atoms with E-state index in [4.69, 9.17) is 18.9 Å². The number of carbonyl (C=O) groups is 2. The van der Waals surface area contributed by atoms with Crippen LogP contribution in [-0.4, -0.2) is 60.5 Å². The molecule has 0 amide bonds.